The van der Waals surface area contributed by atoms with Gasteiger partial charge in [0.25, 0.3) is 0 Å². The smallest absolute Gasteiger partial charge is 0.175 e. The van der Waals surface area contributed by atoms with Crippen molar-refractivity contribution in [2.45, 2.75) is 45.1 Å². The van der Waals surface area contributed by atoms with Crippen molar-refractivity contribution in [3.8, 4) is 5.69 Å². The van der Waals surface area contributed by atoms with Crippen LogP contribution in [0.1, 0.15) is 48.7 Å². The lowest BCUT2D eigenvalue weighted by atomic mass is 10.0. The van der Waals surface area contributed by atoms with Crippen molar-refractivity contribution in [3.63, 3.8) is 0 Å². The van der Waals surface area contributed by atoms with Crippen molar-refractivity contribution in [1.82, 2.24) is 30.0 Å². The van der Waals surface area contributed by atoms with Gasteiger partial charge < -0.3 is 5.32 Å². The van der Waals surface area contributed by atoms with Crippen LogP contribution in [0.5, 0.6) is 0 Å². The first-order valence-corrected chi connectivity index (χ1v) is 8.82. The van der Waals surface area contributed by atoms with Crippen molar-refractivity contribution < 1.29 is 0 Å². The predicted molar refractivity (Wildman–Crippen MR) is 95.6 cm³/mol. The minimum Gasteiger partial charge on any atom is -0.375 e. The number of anilines is 1. The first kappa shape index (κ1) is 15.8. The van der Waals surface area contributed by atoms with Crippen LogP contribution in [-0.4, -0.2) is 30.0 Å². The van der Waals surface area contributed by atoms with Gasteiger partial charge in [-0.2, -0.15) is 9.78 Å². The van der Waals surface area contributed by atoms with Crippen LogP contribution in [0.2, 0.25) is 0 Å². The van der Waals surface area contributed by atoms with Gasteiger partial charge in [0.15, 0.2) is 5.82 Å². The quantitative estimate of drug-likeness (QED) is 0.775. The number of aromatic nitrogens is 6. The Labute approximate surface area is 147 Å². The van der Waals surface area contributed by atoms with E-state index in [1.807, 2.05) is 30.1 Å². The largest absolute Gasteiger partial charge is 0.375 e. The lowest BCUT2D eigenvalue weighted by Crippen LogP contribution is -2.10. The Morgan fingerprint density at radius 3 is 2.68 bits per heavy atom. The maximum Gasteiger partial charge on any atom is 0.175 e. The Balaban J connectivity index is 1.53. The molecule has 1 fully saturated rings. The number of hydrogen-bond acceptors (Lipinski definition) is 5. The van der Waals surface area contributed by atoms with Crippen molar-refractivity contribution in [2.75, 3.05) is 5.32 Å². The lowest BCUT2D eigenvalue weighted by molar-refractivity contribution is 0.658. The van der Waals surface area contributed by atoms with Crippen molar-refractivity contribution in [1.29, 1.82) is 0 Å². The average molecular weight is 337 g/mol. The van der Waals surface area contributed by atoms with E-state index in [1.165, 1.54) is 36.9 Å². The summed E-state index contributed by atoms with van der Waals surface area (Å²) in [5, 5.41) is 20.3. The molecule has 0 aliphatic heterocycles. The number of hydrogen-bond donors (Lipinski definition) is 1. The predicted octanol–water partition coefficient (Wildman–Crippen LogP) is 2.97. The van der Waals surface area contributed by atoms with Crippen molar-refractivity contribution in [2.24, 2.45) is 7.05 Å². The van der Waals surface area contributed by atoms with Crippen LogP contribution in [-0.2, 0) is 13.6 Å². The Bertz CT molecular complexity index is 841. The molecule has 4 rings (SSSR count). The highest BCUT2D eigenvalue weighted by molar-refractivity contribution is 5.48. The van der Waals surface area contributed by atoms with E-state index >= 15 is 0 Å². The third-order valence-corrected chi connectivity index (χ3v) is 4.85. The van der Waals surface area contributed by atoms with Gasteiger partial charge in [-0.05, 0) is 42.3 Å². The van der Waals surface area contributed by atoms with E-state index in [1.54, 1.807) is 4.68 Å². The summed E-state index contributed by atoms with van der Waals surface area (Å²) in [6, 6.07) is 8.19. The van der Waals surface area contributed by atoms with Crippen LogP contribution in [0.4, 0.5) is 5.69 Å². The summed E-state index contributed by atoms with van der Waals surface area (Å²) >= 11 is 0. The van der Waals surface area contributed by atoms with Gasteiger partial charge in [-0.15, -0.1) is 5.10 Å². The number of benzene rings is 1. The maximum absolute atomic E-state index is 4.68. The van der Waals surface area contributed by atoms with E-state index in [2.05, 4.69) is 45.0 Å². The molecule has 1 N–H and O–H groups in total. The van der Waals surface area contributed by atoms with Crippen LogP contribution >= 0.6 is 0 Å². The highest BCUT2D eigenvalue weighted by Crippen LogP contribution is 2.36. The van der Waals surface area contributed by atoms with Crippen LogP contribution in [0.25, 0.3) is 5.69 Å². The summed E-state index contributed by atoms with van der Waals surface area (Å²) in [5.74, 6) is 1.35. The molecule has 0 radical (unpaired) electrons. The summed E-state index contributed by atoms with van der Waals surface area (Å²) in [6.45, 7) is 2.63. The molecular weight excluding hydrogens is 314 g/mol. The summed E-state index contributed by atoms with van der Waals surface area (Å²) < 4.78 is 3.66. The minimum atomic E-state index is 0.562. The normalized spacial score (nSPS) is 15.0. The molecule has 2 aromatic heterocycles. The van der Waals surface area contributed by atoms with E-state index in [-0.39, 0.29) is 0 Å². The number of rotatable bonds is 5. The first-order valence-electron chi connectivity index (χ1n) is 8.82. The highest BCUT2D eigenvalue weighted by atomic mass is 15.5. The van der Waals surface area contributed by atoms with Gasteiger partial charge in [0.1, 0.15) is 0 Å². The molecule has 1 aromatic carbocycles. The molecule has 2 heterocycles. The second kappa shape index (κ2) is 6.66. The molecule has 0 saturated heterocycles. The third-order valence-electron chi connectivity index (χ3n) is 4.85. The number of aryl methyl sites for hydroxylation is 2. The summed E-state index contributed by atoms with van der Waals surface area (Å²) in [5.41, 5.74) is 4.45. The molecule has 0 amide bonds. The lowest BCUT2D eigenvalue weighted by Gasteiger charge is -2.10. The monoisotopic (exact) mass is 337 g/mol. The van der Waals surface area contributed by atoms with Gasteiger partial charge in [-0.3, -0.25) is 4.68 Å². The molecule has 0 spiro atoms. The SMILES string of the molecule is Cc1ccc(-n2nnnc2CNc2cn(C)nc2C2CCCC2)cc1. The fourth-order valence-corrected chi connectivity index (χ4v) is 3.52. The second-order valence-electron chi connectivity index (χ2n) is 6.78. The third kappa shape index (κ3) is 3.26. The van der Waals surface area contributed by atoms with Crippen molar-refractivity contribution in [3.05, 3.63) is 47.5 Å². The Kier molecular flexibility index (Phi) is 4.21. The Morgan fingerprint density at radius 2 is 1.92 bits per heavy atom. The van der Waals surface area contributed by atoms with Crippen LogP contribution in [0.3, 0.4) is 0 Å². The molecule has 3 aromatic rings. The first-order chi connectivity index (χ1) is 12.2. The molecule has 0 atom stereocenters. The molecule has 7 heteroatoms. The topological polar surface area (TPSA) is 73.5 Å². The molecule has 1 aliphatic rings. The zero-order valence-electron chi connectivity index (χ0n) is 14.7. The zero-order valence-corrected chi connectivity index (χ0v) is 14.7. The van der Waals surface area contributed by atoms with Crippen LogP contribution < -0.4 is 5.32 Å². The Morgan fingerprint density at radius 1 is 1.16 bits per heavy atom. The molecule has 25 heavy (non-hydrogen) atoms. The van der Waals surface area contributed by atoms with E-state index in [9.17, 15) is 0 Å². The number of nitrogens with zero attached hydrogens (tertiary/aromatic N) is 6. The standard InChI is InChI=1S/C18H23N7/c1-13-7-9-15(10-8-13)25-17(20-22-23-25)11-19-16-12-24(2)21-18(16)14-5-3-4-6-14/h7-10,12,14,19H,3-6,11H2,1-2H3. The van der Waals surface area contributed by atoms with E-state index in [0.717, 1.165) is 17.2 Å². The van der Waals surface area contributed by atoms with Gasteiger partial charge in [0, 0.05) is 19.2 Å². The fraction of sp³-hybridized carbons (Fsp3) is 0.444. The molecule has 7 nitrogen and oxygen atoms in total. The molecule has 1 saturated carbocycles. The van der Waals surface area contributed by atoms with Gasteiger partial charge in [-0.1, -0.05) is 30.5 Å². The summed E-state index contributed by atoms with van der Waals surface area (Å²) in [7, 11) is 1.97. The van der Waals surface area contributed by atoms with Gasteiger partial charge >= 0.3 is 0 Å². The van der Waals surface area contributed by atoms with Gasteiger partial charge in [0.05, 0.1) is 23.6 Å². The summed E-state index contributed by atoms with van der Waals surface area (Å²) in [4.78, 5) is 0. The van der Waals surface area contributed by atoms with Crippen molar-refractivity contribution >= 4 is 5.69 Å². The number of tetrazole rings is 1. The number of nitrogens with one attached hydrogen (secondary N) is 1. The van der Waals surface area contributed by atoms with Gasteiger partial charge in [-0.25, -0.2) is 0 Å². The zero-order chi connectivity index (χ0) is 17.2. The van der Waals surface area contributed by atoms with E-state index in [0.29, 0.717) is 12.5 Å². The minimum absolute atomic E-state index is 0.562. The van der Waals surface area contributed by atoms with Gasteiger partial charge in [0.2, 0.25) is 0 Å². The fourth-order valence-electron chi connectivity index (χ4n) is 3.52. The molecular formula is C18H23N7. The molecule has 1 aliphatic carbocycles. The highest BCUT2D eigenvalue weighted by Gasteiger charge is 2.23. The van der Waals surface area contributed by atoms with Crippen LogP contribution in [0, 0.1) is 6.92 Å². The maximum atomic E-state index is 4.68. The average Bonchev–Trinajstić information content (AvgIpc) is 3.34. The Hall–Kier alpha value is -2.70. The second-order valence-corrected chi connectivity index (χ2v) is 6.78. The van der Waals surface area contributed by atoms with E-state index < -0.39 is 0 Å². The summed E-state index contributed by atoms with van der Waals surface area (Å²) in [6.07, 6.45) is 7.10. The molecule has 0 unspecified atom stereocenters. The van der Waals surface area contributed by atoms with Crippen LogP contribution in [0.15, 0.2) is 30.5 Å². The molecule has 0 bridgehead atoms. The van der Waals surface area contributed by atoms with E-state index in [4.69, 9.17) is 0 Å². The molecule has 130 valence electrons.